The smallest absolute Gasteiger partial charge is 0.352 e. The summed E-state index contributed by atoms with van der Waals surface area (Å²) in [6.07, 6.45) is 0. The van der Waals surface area contributed by atoms with Gasteiger partial charge in [0.05, 0.1) is 15.6 Å². The third-order valence-corrected chi connectivity index (χ3v) is 4.66. The third-order valence-electron chi connectivity index (χ3n) is 3.92. The minimum absolute atomic E-state index is 0.0411. The van der Waals surface area contributed by atoms with Crippen LogP contribution in [0.25, 0.3) is 10.9 Å². The van der Waals surface area contributed by atoms with Gasteiger partial charge in [0, 0.05) is 11.9 Å². The molecule has 1 heterocycles. The zero-order valence-electron chi connectivity index (χ0n) is 12.5. The molecule has 24 heavy (non-hydrogen) atoms. The van der Waals surface area contributed by atoms with E-state index < -0.39 is 17.5 Å². The molecule has 0 fully saturated rings. The van der Waals surface area contributed by atoms with Gasteiger partial charge in [-0.1, -0.05) is 29.3 Å². The Morgan fingerprint density at radius 2 is 1.92 bits per heavy atom. The zero-order chi connectivity index (χ0) is 17.6. The Balaban J connectivity index is 2.26. The first-order valence-electron chi connectivity index (χ1n) is 6.98. The number of rotatable bonds is 3. The van der Waals surface area contributed by atoms with Crippen molar-refractivity contribution in [3.8, 4) is 5.75 Å². The quantitative estimate of drug-likeness (QED) is 0.695. The van der Waals surface area contributed by atoms with Crippen LogP contribution in [0.3, 0.4) is 0 Å². The fourth-order valence-electron chi connectivity index (χ4n) is 2.84. The predicted octanol–water partition coefficient (Wildman–Crippen LogP) is 4.85. The van der Waals surface area contributed by atoms with Crippen LogP contribution in [0.4, 0.5) is 4.39 Å². The lowest BCUT2D eigenvalue weighted by molar-refractivity contribution is 0.0685. The van der Waals surface area contributed by atoms with Gasteiger partial charge in [-0.2, -0.15) is 0 Å². The number of halogens is 3. The van der Waals surface area contributed by atoms with Crippen LogP contribution in [0.2, 0.25) is 10.0 Å². The predicted molar refractivity (Wildman–Crippen MR) is 90.8 cm³/mol. The van der Waals surface area contributed by atoms with Crippen molar-refractivity contribution in [3.63, 3.8) is 0 Å². The molecule has 0 aliphatic heterocycles. The minimum Gasteiger partial charge on any atom is -0.505 e. The molecule has 0 saturated carbocycles. The van der Waals surface area contributed by atoms with Crippen molar-refractivity contribution in [2.75, 3.05) is 0 Å². The van der Waals surface area contributed by atoms with Crippen LogP contribution in [0.15, 0.2) is 30.3 Å². The summed E-state index contributed by atoms with van der Waals surface area (Å²) in [5.74, 6) is -2.53. The molecule has 1 aromatic heterocycles. The van der Waals surface area contributed by atoms with Gasteiger partial charge in [0.25, 0.3) is 0 Å². The average molecular weight is 368 g/mol. The summed E-state index contributed by atoms with van der Waals surface area (Å²) >= 11 is 11.9. The lowest BCUT2D eigenvalue weighted by Crippen LogP contribution is -2.10. The summed E-state index contributed by atoms with van der Waals surface area (Å²) in [7, 11) is 0. The summed E-state index contributed by atoms with van der Waals surface area (Å²) < 4.78 is 15.8. The molecule has 124 valence electrons. The SMILES string of the molecule is Cc1c(C(=O)O)n(Cc2ccc(Cl)c(Cl)c2)c2ccc(O)c(F)c12. The maximum atomic E-state index is 14.3. The highest BCUT2D eigenvalue weighted by atomic mass is 35.5. The van der Waals surface area contributed by atoms with Crippen molar-refractivity contribution >= 4 is 40.1 Å². The van der Waals surface area contributed by atoms with E-state index in [1.165, 1.54) is 23.6 Å². The Morgan fingerprint density at radius 1 is 1.21 bits per heavy atom. The Bertz CT molecular complexity index is 982. The number of carboxylic acid groups (broad SMARTS) is 1. The number of carboxylic acids is 1. The Morgan fingerprint density at radius 3 is 2.54 bits per heavy atom. The maximum Gasteiger partial charge on any atom is 0.352 e. The summed E-state index contributed by atoms with van der Waals surface area (Å²) in [5.41, 5.74) is 1.31. The highest BCUT2D eigenvalue weighted by Crippen LogP contribution is 2.33. The molecule has 0 aliphatic rings. The first-order chi connectivity index (χ1) is 11.3. The van der Waals surface area contributed by atoms with Crippen molar-refractivity contribution in [3.05, 3.63) is 63.0 Å². The minimum atomic E-state index is -1.18. The molecule has 4 nitrogen and oxygen atoms in total. The van der Waals surface area contributed by atoms with Crippen molar-refractivity contribution in [2.45, 2.75) is 13.5 Å². The van der Waals surface area contributed by atoms with E-state index in [0.29, 0.717) is 15.6 Å². The van der Waals surface area contributed by atoms with Gasteiger partial charge in [-0.25, -0.2) is 9.18 Å². The van der Waals surface area contributed by atoms with E-state index in [0.717, 1.165) is 5.56 Å². The molecular weight excluding hydrogens is 356 g/mol. The number of phenols is 1. The monoisotopic (exact) mass is 367 g/mol. The van der Waals surface area contributed by atoms with Crippen LogP contribution in [-0.2, 0) is 6.54 Å². The van der Waals surface area contributed by atoms with Gasteiger partial charge in [0.1, 0.15) is 5.69 Å². The van der Waals surface area contributed by atoms with E-state index in [-0.39, 0.29) is 23.2 Å². The van der Waals surface area contributed by atoms with Crippen LogP contribution < -0.4 is 0 Å². The first-order valence-corrected chi connectivity index (χ1v) is 7.74. The summed E-state index contributed by atoms with van der Waals surface area (Å²) in [6.45, 7) is 1.69. The molecular formula is C17H12Cl2FNO3. The molecule has 2 N–H and O–H groups in total. The van der Waals surface area contributed by atoms with Crippen LogP contribution in [0.5, 0.6) is 5.75 Å². The Labute approximate surface area is 146 Å². The molecule has 0 amide bonds. The number of aromatic hydroxyl groups is 1. The first kappa shape index (κ1) is 16.6. The molecule has 0 spiro atoms. The number of hydrogen-bond acceptors (Lipinski definition) is 2. The number of benzene rings is 2. The van der Waals surface area contributed by atoms with Gasteiger partial charge in [-0.3, -0.25) is 0 Å². The molecule has 0 saturated heterocycles. The topological polar surface area (TPSA) is 62.5 Å². The van der Waals surface area contributed by atoms with Gasteiger partial charge in [-0.15, -0.1) is 0 Å². The van der Waals surface area contributed by atoms with Gasteiger partial charge in [-0.05, 0) is 42.3 Å². The summed E-state index contributed by atoms with van der Waals surface area (Å²) in [6, 6.07) is 7.66. The standard InChI is InChI=1S/C17H12Cl2FNO3/c1-8-14-12(4-5-13(22)15(14)20)21(16(8)17(23)24)7-9-2-3-10(18)11(19)6-9/h2-6,22H,7H2,1H3,(H,23,24). The van der Waals surface area contributed by atoms with E-state index in [1.807, 2.05) is 0 Å². The van der Waals surface area contributed by atoms with Crippen LogP contribution >= 0.6 is 23.2 Å². The number of carbonyl (C=O) groups is 1. The molecule has 0 atom stereocenters. The maximum absolute atomic E-state index is 14.3. The van der Waals surface area contributed by atoms with Crippen molar-refractivity contribution in [1.82, 2.24) is 4.57 Å². The molecule has 2 aromatic carbocycles. The summed E-state index contributed by atoms with van der Waals surface area (Å²) in [4.78, 5) is 11.7. The fourth-order valence-corrected chi connectivity index (χ4v) is 3.16. The molecule has 0 aliphatic carbocycles. The number of nitrogens with zero attached hydrogens (tertiary/aromatic N) is 1. The zero-order valence-corrected chi connectivity index (χ0v) is 14.0. The number of hydrogen-bond donors (Lipinski definition) is 2. The van der Waals surface area contributed by atoms with Crippen molar-refractivity contribution in [2.24, 2.45) is 0 Å². The molecule has 3 aromatic rings. The normalized spacial score (nSPS) is 11.2. The average Bonchev–Trinajstić information content (AvgIpc) is 2.79. The highest BCUT2D eigenvalue weighted by Gasteiger charge is 2.23. The molecule has 0 radical (unpaired) electrons. The Hall–Kier alpha value is -2.24. The highest BCUT2D eigenvalue weighted by molar-refractivity contribution is 6.42. The molecule has 3 rings (SSSR count). The lowest BCUT2D eigenvalue weighted by Gasteiger charge is -2.10. The van der Waals surface area contributed by atoms with Gasteiger partial charge in [0.2, 0.25) is 0 Å². The van der Waals surface area contributed by atoms with Crippen molar-refractivity contribution < 1.29 is 19.4 Å². The van der Waals surface area contributed by atoms with Gasteiger partial charge < -0.3 is 14.8 Å². The summed E-state index contributed by atoms with van der Waals surface area (Å²) in [5, 5.41) is 19.9. The van der Waals surface area contributed by atoms with E-state index in [4.69, 9.17) is 23.2 Å². The number of fused-ring (bicyclic) bond motifs is 1. The van der Waals surface area contributed by atoms with E-state index in [2.05, 4.69) is 0 Å². The van der Waals surface area contributed by atoms with Crippen LogP contribution in [0, 0.1) is 12.7 Å². The van der Waals surface area contributed by atoms with E-state index in [9.17, 15) is 19.4 Å². The van der Waals surface area contributed by atoms with Crippen molar-refractivity contribution in [1.29, 1.82) is 0 Å². The lowest BCUT2D eigenvalue weighted by atomic mass is 10.1. The second-order valence-corrected chi connectivity index (χ2v) is 6.22. The van der Waals surface area contributed by atoms with Gasteiger partial charge >= 0.3 is 5.97 Å². The largest absolute Gasteiger partial charge is 0.505 e. The second kappa shape index (κ2) is 6.00. The fraction of sp³-hybridized carbons (Fsp3) is 0.118. The second-order valence-electron chi connectivity index (χ2n) is 5.41. The molecule has 0 bridgehead atoms. The van der Waals surface area contributed by atoms with E-state index in [1.54, 1.807) is 18.2 Å². The number of phenolic OH excluding ortho intramolecular Hbond substituents is 1. The number of aromatic nitrogens is 1. The third kappa shape index (κ3) is 2.60. The molecule has 0 unspecified atom stereocenters. The van der Waals surface area contributed by atoms with E-state index >= 15 is 0 Å². The number of aromatic carboxylic acids is 1. The van der Waals surface area contributed by atoms with Gasteiger partial charge in [0.15, 0.2) is 11.6 Å². The Kier molecular flexibility index (Phi) is 4.15. The molecule has 7 heteroatoms. The van der Waals surface area contributed by atoms with Crippen LogP contribution in [0.1, 0.15) is 21.6 Å². The van der Waals surface area contributed by atoms with Crippen LogP contribution in [-0.4, -0.2) is 20.7 Å². The number of aryl methyl sites for hydroxylation is 1.